The molecule has 1 fully saturated rings. The van der Waals surface area contributed by atoms with Gasteiger partial charge in [0.1, 0.15) is 16.4 Å². The van der Waals surface area contributed by atoms with Gasteiger partial charge in [0.15, 0.2) is 5.75 Å². The monoisotopic (exact) mass is 495 g/mol. The number of anilines is 2. The van der Waals surface area contributed by atoms with E-state index in [2.05, 4.69) is 10.6 Å². The Morgan fingerprint density at radius 3 is 2.51 bits per heavy atom. The first-order valence-corrected chi connectivity index (χ1v) is 12.6. The number of methoxy groups -OCH3 is 1. The molecule has 0 bridgehead atoms. The normalized spacial score (nSPS) is 15.7. The third kappa shape index (κ3) is 4.68. The summed E-state index contributed by atoms with van der Waals surface area (Å²) in [6.45, 7) is 1.48. The number of hydrogen-bond acceptors (Lipinski definition) is 7. The standard InChI is InChI=1S/C25H25N3O6S/c1-32-18-8-6-17(7-9-18)16-26-21-15-23-19(25(29)27-20-4-2-3-5-22(20)34-23)14-24(21)35(30,31)28-10-12-33-13-11-28/h2-9,14-15,26H,10-13,16H2,1H3,(H,27,29). The second-order valence-electron chi connectivity index (χ2n) is 8.11. The van der Waals surface area contributed by atoms with Crippen molar-refractivity contribution in [1.82, 2.24) is 4.31 Å². The zero-order valence-corrected chi connectivity index (χ0v) is 19.9. The maximum Gasteiger partial charge on any atom is 0.259 e. The van der Waals surface area contributed by atoms with Gasteiger partial charge in [0, 0.05) is 25.7 Å². The third-order valence-corrected chi connectivity index (χ3v) is 7.85. The van der Waals surface area contributed by atoms with Gasteiger partial charge in [0.25, 0.3) is 5.91 Å². The molecule has 2 aliphatic heterocycles. The predicted octanol–water partition coefficient (Wildman–Crippen LogP) is 3.69. The number of benzene rings is 3. The molecule has 2 aliphatic rings. The number of para-hydroxylation sites is 2. The SMILES string of the molecule is COc1ccc(CNc2cc3c(cc2S(=O)(=O)N2CCOCC2)C(=O)Nc2ccccc2O3)cc1. The summed E-state index contributed by atoms with van der Waals surface area (Å²) in [4.78, 5) is 13.0. The highest BCUT2D eigenvalue weighted by Crippen LogP contribution is 2.40. The lowest BCUT2D eigenvalue weighted by Crippen LogP contribution is -2.40. The summed E-state index contributed by atoms with van der Waals surface area (Å²) in [5, 5.41) is 6.03. The smallest absolute Gasteiger partial charge is 0.259 e. The van der Waals surface area contributed by atoms with Crippen LogP contribution in [0.4, 0.5) is 11.4 Å². The molecule has 3 aromatic rings. The van der Waals surface area contributed by atoms with Gasteiger partial charge in [-0.05, 0) is 35.9 Å². The summed E-state index contributed by atoms with van der Waals surface area (Å²) in [6.07, 6.45) is 0. The maximum absolute atomic E-state index is 13.6. The minimum atomic E-state index is -3.91. The van der Waals surface area contributed by atoms with Crippen molar-refractivity contribution in [2.75, 3.05) is 44.0 Å². The number of fused-ring (bicyclic) bond motifs is 2. The number of carbonyl (C=O) groups excluding carboxylic acids is 1. The van der Waals surface area contributed by atoms with Gasteiger partial charge in [-0.3, -0.25) is 4.79 Å². The fourth-order valence-corrected chi connectivity index (χ4v) is 5.59. The van der Waals surface area contributed by atoms with Crippen LogP contribution in [-0.4, -0.2) is 52.0 Å². The van der Waals surface area contributed by atoms with Gasteiger partial charge in [-0.25, -0.2) is 8.42 Å². The first-order chi connectivity index (χ1) is 17.0. The van der Waals surface area contributed by atoms with Crippen LogP contribution in [0.3, 0.4) is 0 Å². The molecule has 0 saturated carbocycles. The van der Waals surface area contributed by atoms with Crippen molar-refractivity contribution in [2.24, 2.45) is 0 Å². The fraction of sp³-hybridized carbons (Fsp3) is 0.240. The Morgan fingerprint density at radius 1 is 1.03 bits per heavy atom. The lowest BCUT2D eigenvalue weighted by Gasteiger charge is -2.27. The molecule has 5 rings (SSSR count). The lowest BCUT2D eigenvalue weighted by atomic mass is 10.1. The molecular formula is C25H25N3O6S. The Kier molecular flexibility index (Phi) is 6.33. The summed E-state index contributed by atoms with van der Waals surface area (Å²) in [7, 11) is -2.31. The lowest BCUT2D eigenvalue weighted by molar-refractivity contribution is 0.0730. The highest BCUT2D eigenvalue weighted by molar-refractivity contribution is 7.89. The van der Waals surface area contributed by atoms with Crippen molar-refractivity contribution in [3.05, 3.63) is 71.8 Å². The first kappa shape index (κ1) is 23.2. The minimum Gasteiger partial charge on any atom is -0.497 e. The van der Waals surface area contributed by atoms with Gasteiger partial charge >= 0.3 is 0 Å². The summed E-state index contributed by atoms with van der Waals surface area (Å²) in [6, 6.07) is 17.5. The molecule has 0 aromatic heterocycles. The van der Waals surface area contributed by atoms with Gasteiger partial charge in [-0.1, -0.05) is 24.3 Å². The van der Waals surface area contributed by atoms with E-state index in [1.165, 1.54) is 10.4 Å². The molecule has 182 valence electrons. The van der Waals surface area contributed by atoms with E-state index >= 15 is 0 Å². The molecule has 0 aliphatic carbocycles. The molecule has 9 nitrogen and oxygen atoms in total. The molecule has 0 unspecified atom stereocenters. The number of sulfonamides is 1. The van der Waals surface area contributed by atoms with E-state index in [9.17, 15) is 13.2 Å². The average Bonchev–Trinajstić information content (AvgIpc) is 3.02. The molecule has 1 amide bonds. The van der Waals surface area contributed by atoms with E-state index in [1.54, 1.807) is 37.4 Å². The zero-order chi connectivity index (χ0) is 24.4. The number of carbonyl (C=O) groups is 1. The maximum atomic E-state index is 13.6. The zero-order valence-electron chi connectivity index (χ0n) is 19.1. The number of nitrogens with zero attached hydrogens (tertiary/aromatic N) is 1. The molecule has 10 heteroatoms. The summed E-state index contributed by atoms with van der Waals surface area (Å²) in [5.41, 5.74) is 1.93. The van der Waals surface area contributed by atoms with E-state index in [1.807, 2.05) is 24.3 Å². The molecule has 0 spiro atoms. The van der Waals surface area contributed by atoms with Crippen molar-refractivity contribution in [1.29, 1.82) is 0 Å². The molecule has 2 heterocycles. The van der Waals surface area contributed by atoms with Crippen LogP contribution in [-0.2, 0) is 21.3 Å². The van der Waals surface area contributed by atoms with Gasteiger partial charge in [-0.15, -0.1) is 0 Å². The van der Waals surface area contributed by atoms with Gasteiger partial charge < -0.3 is 24.8 Å². The van der Waals surface area contributed by atoms with Crippen molar-refractivity contribution >= 4 is 27.3 Å². The second kappa shape index (κ2) is 9.57. The number of rotatable bonds is 6. The van der Waals surface area contributed by atoms with Crippen LogP contribution in [0.2, 0.25) is 0 Å². The Morgan fingerprint density at radius 2 is 1.77 bits per heavy atom. The van der Waals surface area contributed by atoms with Crippen molar-refractivity contribution in [3.8, 4) is 17.2 Å². The predicted molar refractivity (Wildman–Crippen MR) is 131 cm³/mol. The van der Waals surface area contributed by atoms with Crippen LogP contribution in [0.5, 0.6) is 17.2 Å². The van der Waals surface area contributed by atoms with Crippen LogP contribution in [0, 0.1) is 0 Å². The van der Waals surface area contributed by atoms with E-state index in [4.69, 9.17) is 14.2 Å². The summed E-state index contributed by atoms with van der Waals surface area (Å²) >= 11 is 0. The van der Waals surface area contributed by atoms with Crippen molar-refractivity contribution in [2.45, 2.75) is 11.4 Å². The van der Waals surface area contributed by atoms with Gasteiger partial charge in [0.05, 0.1) is 37.3 Å². The number of nitrogens with one attached hydrogen (secondary N) is 2. The Bertz CT molecular complexity index is 1350. The number of hydrogen-bond donors (Lipinski definition) is 2. The molecule has 3 aromatic carbocycles. The molecule has 1 saturated heterocycles. The Hall–Kier alpha value is -3.60. The summed E-state index contributed by atoms with van der Waals surface area (Å²) < 4.78 is 45.2. The quantitative estimate of drug-likeness (QED) is 0.537. The largest absolute Gasteiger partial charge is 0.497 e. The molecule has 35 heavy (non-hydrogen) atoms. The number of ether oxygens (including phenoxy) is 3. The highest BCUT2D eigenvalue weighted by Gasteiger charge is 2.32. The van der Waals surface area contributed by atoms with E-state index in [0.29, 0.717) is 36.9 Å². The topological polar surface area (TPSA) is 106 Å². The van der Waals surface area contributed by atoms with Gasteiger partial charge in [0.2, 0.25) is 10.0 Å². The van der Waals surface area contributed by atoms with Crippen LogP contribution in [0.15, 0.2) is 65.6 Å². The van der Waals surface area contributed by atoms with E-state index in [-0.39, 0.29) is 29.3 Å². The van der Waals surface area contributed by atoms with Crippen molar-refractivity contribution in [3.63, 3.8) is 0 Å². The average molecular weight is 496 g/mol. The third-order valence-electron chi connectivity index (χ3n) is 5.91. The minimum absolute atomic E-state index is 0.0105. The highest BCUT2D eigenvalue weighted by atomic mass is 32.2. The molecular weight excluding hydrogens is 470 g/mol. The number of morpholine rings is 1. The number of amides is 1. The summed E-state index contributed by atoms with van der Waals surface area (Å²) in [5.74, 6) is 1.03. The first-order valence-electron chi connectivity index (χ1n) is 11.2. The Labute approximate surface area is 203 Å². The fourth-order valence-electron chi connectivity index (χ4n) is 4.01. The Balaban J connectivity index is 1.56. The van der Waals surface area contributed by atoms with Crippen molar-refractivity contribution < 1.29 is 27.4 Å². The van der Waals surface area contributed by atoms with Crippen LogP contribution in [0.25, 0.3) is 0 Å². The van der Waals surface area contributed by atoms with E-state index < -0.39 is 15.9 Å². The molecule has 2 N–H and O–H groups in total. The molecule has 0 radical (unpaired) electrons. The van der Waals surface area contributed by atoms with Crippen LogP contribution in [0.1, 0.15) is 15.9 Å². The van der Waals surface area contributed by atoms with Gasteiger partial charge in [-0.2, -0.15) is 4.31 Å². The van der Waals surface area contributed by atoms with E-state index in [0.717, 1.165) is 11.3 Å². The van der Waals surface area contributed by atoms with Crippen LogP contribution >= 0.6 is 0 Å². The second-order valence-corrected chi connectivity index (χ2v) is 10.0. The van der Waals surface area contributed by atoms with Crippen LogP contribution < -0.4 is 20.1 Å². The molecule has 0 atom stereocenters.